The van der Waals surface area contributed by atoms with Crippen molar-refractivity contribution < 1.29 is 13.6 Å². The molecular weight excluding hydrogens is 396 g/mol. The molecule has 6 heteroatoms. The molecule has 1 aromatic heterocycles. The van der Waals surface area contributed by atoms with E-state index in [1.807, 2.05) is 30.3 Å². The Bertz CT molecular complexity index is 1270. The zero-order chi connectivity index (χ0) is 21.4. The second kappa shape index (κ2) is 7.87. The molecule has 2 amide bonds. The molecule has 3 aromatic carbocycles. The standard InChI is InChI=1S/C25H21F2N3O/c26-21-11-10-18(14-22(21)27)28-25(31)29-13-12-24-20(16-29)19-8-4-5-9-23(19)30(24)15-17-6-2-1-3-7-17/h1-11,14H,12-13,15-16H2,(H,28,31). The molecule has 0 spiro atoms. The van der Waals surface area contributed by atoms with Gasteiger partial charge in [0, 0.05) is 60.0 Å². The van der Waals surface area contributed by atoms with Crippen LogP contribution < -0.4 is 5.32 Å². The third-order valence-corrected chi connectivity index (χ3v) is 5.80. The van der Waals surface area contributed by atoms with Gasteiger partial charge in [0.05, 0.1) is 0 Å². The largest absolute Gasteiger partial charge is 0.340 e. The number of carbonyl (C=O) groups is 1. The Morgan fingerprint density at radius 2 is 1.71 bits per heavy atom. The van der Waals surface area contributed by atoms with Gasteiger partial charge in [0.25, 0.3) is 0 Å². The van der Waals surface area contributed by atoms with Gasteiger partial charge in [-0.05, 0) is 23.8 Å². The van der Waals surface area contributed by atoms with E-state index in [4.69, 9.17) is 0 Å². The van der Waals surface area contributed by atoms with Gasteiger partial charge < -0.3 is 14.8 Å². The molecule has 1 aliphatic rings. The van der Waals surface area contributed by atoms with E-state index in [9.17, 15) is 13.6 Å². The van der Waals surface area contributed by atoms with Crippen molar-refractivity contribution in [1.29, 1.82) is 0 Å². The van der Waals surface area contributed by atoms with Crippen LogP contribution in [-0.2, 0) is 19.5 Å². The predicted molar refractivity (Wildman–Crippen MR) is 117 cm³/mol. The Morgan fingerprint density at radius 3 is 2.52 bits per heavy atom. The molecule has 0 unspecified atom stereocenters. The summed E-state index contributed by atoms with van der Waals surface area (Å²) in [4.78, 5) is 14.5. The van der Waals surface area contributed by atoms with E-state index in [1.54, 1.807) is 4.90 Å². The zero-order valence-electron chi connectivity index (χ0n) is 16.8. The molecule has 4 nitrogen and oxygen atoms in total. The van der Waals surface area contributed by atoms with Gasteiger partial charge in [-0.2, -0.15) is 0 Å². The number of carbonyl (C=O) groups excluding carboxylic acids is 1. The van der Waals surface area contributed by atoms with Gasteiger partial charge in [-0.25, -0.2) is 13.6 Å². The van der Waals surface area contributed by atoms with Crippen LogP contribution in [0, 0.1) is 11.6 Å². The van der Waals surface area contributed by atoms with Crippen molar-refractivity contribution in [3.05, 3.63) is 101 Å². The number of hydrogen-bond acceptors (Lipinski definition) is 1. The maximum Gasteiger partial charge on any atom is 0.322 e. The van der Waals surface area contributed by atoms with Gasteiger partial charge in [-0.3, -0.25) is 0 Å². The molecule has 0 fully saturated rings. The van der Waals surface area contributed by atoms with Crippen molar-refractivity contribution in [3.63, 3.8) is 0 Å². The summed E-state index contributed by atoms with van der Waals surface area (Å²) >= 11 is 0. The highest BCUT2D eigenvalue weighted by atomic mass is 19.2. The second-order valence-corrected chi connectivity index (χ2v) is 7.74. The predicted octanol–water partition coefficient (Wildman–Crippen LogP) is 5.56. The van der Waals surface area contributed by atoms with E-state index in [0.29, 0.717) is 13.1 Å². The van der Waals surface area contributed by atoms with Crippen LogP contribution in [0.4, 0.5) is 19.3 Å². The highest BCUT2D eigenvalue weighted by Crippen LogP contribution is 2.32. The molecule has 0 radical (unpaired) electrons. The second-order valence-electron chi connectivity index (χ2n) is 7.74. The lowest BCUT2D eigenvalue weighted by Crippen LogP contribution is -2.39. The summed E-state index contributed by atoms with van der Waals surface area (Å²) in [5, 5.41) is 3.82. The number of benzene rings is 3. The first-order valence-corrected chi connectivity index (χ1v) is 10.2. The highest BCUT2D eigenvalue weighted by molar-refractivity contribution is 5.91. The Kier molecular flexibility index (Phi) is 4.90. The number of rotatable bonds is 3. The summed E-state index contributed by atoms with van der Waals surface area (Å²) in [5.41, 5.74) is 4.99. The quantitative estimate of drug-likeness (QED) is 0.466. The Hall–Kier alpha value is -3.67. The lowest BCUT2D eigenvalue weighted by molar-refractivity contribution is 0.206. The Balaban J connectivity index is 1.43. The van der Waals surface area contributed by atoms with Crippen molar-refractivity contribution in [3.8, 4) is 0 Å². The van der Waals surface area contributed by atoms with Crippen LogP contribution in [0.2, 0.25) is 0 Å². The molecule has 0 saturated heterocycles. The number of hydrogen-bond donors (Lipinski definition) is 1. The normalized spacial score (nSPS) is 13.3. The summed E-state index contributed by atoms with van der Waals surface area (Å²) in [7, 11) is 0. The van der Waals surface area contributed by atoms with Crippen LogP contribution in [-0.4, -0.2) is 22.0 Å². The van der Waals surface area contributed by atoms with Gasteiger partial charge in [-0.15, -0.1) is 0 Å². The molecule has 2 heterocycles. The monoisotopic (exact) mass is 417 g/mol. The first kappa shape index (κ1) is 19.3. The fourth-order valence-corrected chi connectivity index (χ4v) is 4.30. The fourth-order valence-electron chi connectivity index (χ4n) is 4.30. The molecule has 0 aliphatic carbocycles. The van der Waals surface area contributed by atoms with Crippen LogP contribution in [0.5, 0.6) is 0 Å². The van der Waals surface area contributed by atoms with E-state index < -0.39 is 11.6 Å². The number of aromatic nitrogens is 1. The summed E-state index contributed by atoms with van der Waals surface area (Å²) in [5.74, 6) is -1.92. The third kappa shape index (κ3) is 3.65. The number of urea groups is 1. The summed E-state index contributed by atoms with van der Waals surface area (Å²) < 4.78 is 29.0. The Labute approximate surface area is 178 Å². The van der Waals surface area contributed by atoms with Crippen molar-refractivity contribution in [2.75, 3.05) is 11.9 Å². The number of anilines is 1. The molecule has 1 N–H and O–H groups in total. The van der Waals surface area contributed by atoms with Crippen LogP contribution in [0.15, 0.2) is 72.8 Å². The highest BCUT2D eigenvalue weighted by Gasteiger charge is 2.26. The number of nitrogens with one attached hydrogen (secondary N) is 1. The van der Waals surface area contributed by atoms with Gasteiger partial charge in [0.1, 0.15) is 0 Å². The number of halogens is 2. The molecular formula is C25H21F2N3O. The fraction of sp³-hybridized carbons (Fsp3) is 0.160. The molecule has 0 atom stereocenters. The van der Waals surface area contributed by atoms with Crippen LogP contribution >= 0.6 is 0 Å². The Morgan fingerprint density at radius 1 is 0.935 bits per heavy atom. The minimum absolute atomic E-state index is 0.237. The molecule has 5 rings (SSSR count). The van der Waals surface area contributed by atoms with Crippen molar-refractivity contribution >= 4 is 22.6 Å². The van der Waals surface area contributed by atoms with E-state index >= 15 is 0 Å². The molecule has 31 heavy (non-hydrogen) atoms. The first-order chi connectivity index (χ1) is 15.1. The maximum atomic E-state index is 13.5. The lowest BCUT2D eigenvalue weighted by Gasteiger charge is -2.28. The molecule has 1 aliphatic heterocycles. The molecule has 0 saturated carbocycles. The van der Waals surface area contributed by atoms with Crippen molar-refractivity contribution in [2.24, 2.45) is 0 Å². The topological polar surface area (TPSA) is 37.3 Å². The summed E-state index contributed by atoms with van der Waals surface area (Å²) in [6, 6.07) is 21.6. The smallest absolute Gasteiger partial charge is 0.322 e. The lowest BCUT2D eigenvalue weighted by atomic mass is 10.0. The maximum absolute atomic E-state index is 13.5. The van der Waals surface area contributed by atoms with E-state index in [-0.39, 0.29) is 11.7 Å². The van der Waals surface area contributed by atoms with Crippen LogP contribution in [0.1, 0.15) is 16.8 Å². The van der Waals surface area contributed by atoms with E-state index in [1.165, 1.54) is 17.3 Å². The number of amides is 2. The van der Waals surface area contributed by atoms with E-state index in [0.717, 1.165) is 41.6 Å². The molecule has 4 aromatic rings. The number of fused-ring (bicyclic) bond motifs is 3. The summed E-state index contributed by atoms with van der Waals surface area (Å²) in [6.45, 7) is 1.79. The van der Waals surface area contributed by atoms with Crippen LogP contribution in [0.3, 0.4) is 0 Å². The van der Waals surface area contributed by atoms with Gasteiger partial charge in [0.2, 0.25) is 0 Å². The minimum Gasteiger partial charge on any atom is -0.340 e. The first-order valence-electron chi connectivity index (χ1n) is 10.2. The SMILES string of the molecule is O=C(Nc1ccc(F)c(F)c1)N1CCc2c(c3ccccc3n2Cc2ccccc2)C1. The minimum atomic E-state index is -0.984. The summed E-state index contributed by atoms with van der Waals surface area (Å²) in [6.07, 6.45) is 0.724. The van der Waals surface area contributed by atoms with Crippen molar-refractivity contribution in [2.45, 2.75) is 19.5 Å². The average molecular weight is 417 g/mol. The third-order valence-electron chi connectivity index (χ3n) is 5.80. The van der Waals surface area contributed by atoms with Crippen molar-refractivity contribution in [1.82, 2.24) is 9.47 Å². The van der Waals surface area contributed by atoms with E-state index in [2.05, 4.69) is 34.1 Å². The van der Waals surface area contributed by atoms with Gasteiger partial charge in [-0.1, -0.05) is 48.5 Å². The molecule has 156 valence electrons. The number of para-hydroxylation sites is 1. The average Bonchev–Trinajstić information content (AvgIpc) is 3.10. The number of nitrogens with zero attached hydrogens (tertiary/aromatic N) is 2. The zero-order valence-corrected chi connectivity index (χ0v) is 16.8. The van der Waals surface area contributed by atoms with Gasteiger partial charge in [0.15, 0.2) is 11.6 Å². The van der Waals surface area contributed by atoms with Gasteiger partial charge >= 0.3 is 6.03 Å². The van der Waals surface area contributed by atoms with Crippen LogP contribution in [0.25, 0.3) is 10.9 Å². The molecule has 0 bridgehead atoms.